The molecule has 0 heterocycles. The predicted molar refractivity (Wildman–Crippen MR) is 62.1 cm³/mol. The molecule has 15 heavy (non-hydrogen) atoms. The van der Waals surface area contributed by atoms with Crippen LogP contribution in [0.4, 0.5) is 0 Å². The fourth-order valence-electron chi connectivity index (χ4n) is 1.12. The van der Waals surface area contributed by atoms with E-state index in [0.29, 0.717) is 19.2 Å². The van der Waals surface area contributed by atoms with Crippen molar-refractivity contribution in [2.75, 3.05) is 46.6 Å². The Bertz CT molecular complexity index is 164. The third kappa shape index (κ3) is 7.16. The van der Waals surface area contributed by atoms with Gasteiger partial charge in [-0.1, -0.05) is 0 Å². The van der Waals surface area contributed by atoms with E-state index in [0.717, 1.165) is 26.3 Å². The van der Waals surface area contributed by atoms with Crippen LogP contribution in [0.3, 0.4) is 0 Å². The number of guanidine groups is 1. The SMILES string of the molecule is CCOCCN(CCOCC)C(N)=NC. The molecule has 0 aromatic carbocycles. The van der Waals surface area contributed by atoms with Gasteiger partial charge in [0.1, 0.15) is 0 Å². The lowest BCUT2D eigenvalue weighted by Gasteiger charge is -2.22. The fraction of sp³-hybridized carbons (Fsp3) is 0.900. The van der Waals surface area contributed by atoms with Crippen molar-refractivity contribution >= 4 is 5.96 Å². The van der Waals surface area contributed by atoms with E-state index >= 15 is 0 Å². The summed E-state index contributed by atoms with van der Waals surface area (Å²) in [6.07, 6.45) is 0. The first-order valence-corrected chi connectivity index (χ1v) is 5.38. The van der Waals surface area contributed by atoms with Crippen LogP contribution in [0, 0.1) is 0 Å². The molecule has 0 fully saturated rings. The van der Waals surface area contributed by atoms with Gasteiger partial charge in [0.05, 0.1) is 13.2 Å². The van der Waals surface area contributed by atoms with Gasteiger partial charge >= 0.3 is 0 Å². The average molecular weight is 217 g/mol. The second-order valence-corrected chi connectivity index (χ2v) is 2.96. The Morgan fingerprint density at radius 2 is 1.60 bits per heavy atom. The zero-order valence-corrected chi connectivity index (χ0v) is 10.0. The van der Waals surface area contributed by atoms with Gasteiger partial charge in [-0.3, -0.25) is 4.99 Å². The number of ether oxygens (including phenoxy) is 2. The minimum Gasteiger partial charge on any atom is -0.380 e. The van der Waals surface area contributed by atoms with Gasteiger partial charge in [0.2, 0.25) is 0 Å². The summed E-state index contributed by atoms with van der Waals surface area (Å²) in [5.41, 5.74) is 5.75. The van der Waals surface area contributed by atoms with Crippen LogP contribution in [0.1, 0.15) is 13.8 Å². The molecular formula is C10H23N3O2. The normalized spacial score (nSPS) is 11.8. The molecule has 0 saturated carbocycles. The lowest BCUT2D eigenvalue weighted by Crippen LogP contribution is -2.41. The highest BCUT2D eigenvalue weighted by Crippen LogP contribution is 1.90. The Kier molecular flexibility index (Phi) is 9.21. The monoisotopic (exact) mass is 217 g/mol. The number of aliphatic imine (C=N–C) groups is 1. The van der Waals surface area contributed by atoms with E-state index in [-0.39, 0.29) is 0 Å². The van der Waals surface area contributed by atoms with Crippen LogP contribution in [0.15, 0.2) is 4.99 Å². The highest BCUT2D eigenvalue weighted by molar-refractivity contribution is 5.77. The molecule has 90 valence electrons. The topological polar surface area (TPSA) is 60.1 Å². The minimum atomic E-state index is 0.536. The molecule has 0 radical (unpaired) electrons. The van der Waals surface area contributed by atoms with Crippen molar-refractivity contribution in [2.45, 2.75) is 13.8 Å². The maximum absolute atomic E-state index is 5.75. The zero-order chi connectivity index (χ0) is 11.5. The van der Waals surface area contributed by atoms with Gasteiger partial charge in [-0.05, 0) is 13.8 Å². The fourth-order valence-corrected chi connectivity index (χ4v) is 1.12. The standard InChI is InChI=1S/C10H23N3O2/c1-4-14-8-6-13(10(11)12-3)7-9-15-5-2/h4-9H2,1-3H3,(H2,11,12). The Morgan fingerprint density at radius 1 is 1.13 bits per heavy atom. The van der Waals surface area contributed by atoms with Crippen LogP contribution in [-0.2, 0) is 9.47 Å². The van der Waals surface area contributed by atoms with Crippen LogP contribution >= 0.6 is 0 Å². The molecule has 0 amide bonds. The predicted octanol–water partition coefficient (Wildman–Crippen LogP) is 0.306. The lowest BCUT2D eigenvalue weighted by molar-refractivity contribution is 0.106. The number of nitrogens with two attached hydrogens (primary N) is 1. The highest BCUT2D eigenvalue weighted by Gasteiger charge is 2.06. The summed E-state index contributed by atoms with van der Waals surface area (Å²) in [7, 11) is 1.68. The molecule has 0 aromatic rings. The number of hydrogen-bond acceptors (Lipinski definition) is 3. The zero-order valence-electron chi connectivity index (χ0n) is 10.0. The van der Waals surface area contributed by atoms with Gasteiger partial charge in [0, 0.05) is 33.4 Å². The van der Waals surface area contributed by atoms with E-state index in [1.54, 1.807) is 7.05 Å². The van der Waals surface area contributed by atoms with Crippen molar-refractivity contribution in [1.82, 2.24) is 4.90 Å². The van der Waals surface area contributed by atoms with E-state index in [4.69, 9.17) is 15.2 Å². The first kappa shape index (κ1) is 14.2. The maximum atomic E-state index is 5.75. The molecule has 0 saturated heterocycles. The first-order chi connectivity index (χ1) is 7.26. The Hall–Kier alpha value is -0.810. The molecule has 0 spiro atoms. The van der Waals surface area contributed by atoms with Crippen LogP contribution < -0.4 is 5.73 Å². The van der Waals surface area contributed by atoms with Crippen molar-refractivity contribution in [2.24, 2.45) is 10.7 Å². The van der Waals surface area contributed by atoms with Crippen LogP contribution in [0.5, 0.6) is 0 Å². The molecule has 0 unspecified atom stereocenters. The van der Waals surface area contributed by atoms with Crippen molar-refractivity contribution in [3.63, 3.8) is 0 Å². The second kappa shape index (κ2) is 9.73. The molecule has 0 aliphatic carbocycles. The maximum Gasteiger partial charge on any atom is 0.191 e. The molecule has 5 nitrogen and oxygen atoms in total. The Labute approximate surface area is 92.2 Å². The van der Waals surface area contributed by atoms with Crippen LogP contribution in [0.2, 0.25) is 0 Å². The van der Waals surface area contributed by atoms with Crippen molar-refractivity contribution in [3.8, 4) is 0 Å². The molecule has 0 aliphatic heterocycles. The number of hydrogen-bond donors (Lipinski definition) is 1. The van der Waals surface area contributed by atoms with Crippen molar-refractivity contribution in [3.05, 3.63) is 0 Å². The molecule has 0 bridgehead atoms. The Morgan fingerprint density at radius 3 is 1.93 bits per heavy atom. The van der Waals surface area contributed by atoms with E-state index in [9.17, 15) is 0 Å². The highest BCUT2D eigenvalue weighted by atomic mass is 16.5. The molecule has 0 aromatic heterocycles. The summed E-state index contributed by atoms with van der Waals surface area (Å²) < 4.78 is 10.5. The lowest BCUT2D eigenvalue weighted by atomic mass is 10.5. The summed E-state index contributed by atoms with van der Waals surface area (Å²) in [5, 5.41) is 0. The summed E-state index contributed by atoms with van der Waals surface area (Å²) >= 11 is 0. The molecular weight excluding hydrogens is 194 g/mol. The summed E-state index contributed by atoms with van der Waals surface area (Å²) in [5.74, 6) is 0.536. The van der Waals surface area contributed by atoms with E-state index in [2.05, 4.69) is 4.99 Å². The molecule has 0 aliphatic rings. The molecule has 0 rings (SSSR count). The van der Waals surface area contributed by atoms with Crippen LogP contribution in [-0.4, -0.2) is 57.4 Å². The third-order valence-electron chi connectivity index (χ3n) is 1.97. The average Bonchev–Trinajstić information content (AvgIpc) is 2.26. The molecule has 2 N–H and O–H groups in total. The second-order valence-electron chi connectivity index (χ2n) is 2.96. The largest absolute Gasteiger partial charge is 0.380 e. The first-order valence-electron chi connectivity index (χ1n) is 5.38. The van der Waals surface area contributed by atoms with E-state index in [1.807, 2.05) is 18.7 Å². The minimum absolute atomic E-state index is 0.536. The van der Waals surface area contributed by atoms with Gasteiger partial charge in [-0.15, -0.1) is 0 Å². The van der Waals surface area contributed by atoms with Gasteiger partial charge < -0.3 is 20.1 Å². The van der Waals surface area contributed by atoms with Crippen molar-refractivity contribution in [1.29, 1.82) is 0 Å². The summed E-state index contributed by atoms with van der Waals surface area (Å²) in [4.78, 5) is 5.92. The quantitative estimate of drug-likeness (QED) is 0.361. The third-order valence-corrected chi connectivity index (χ3v) is 1.97. The number of rotatable bonds is 8. The van der Waals surface area contributed by atoms with Gasteiger partial charge in [0.25, 0.3) is 0 Å². The molecule has 5 heteroatoms. The van der Waals surface area contributed by atoms with Gasteiger partial charge in [0.15, 0.2) is 5.96 Å². The van der Waals surface area contributed by atoms with E-state index < -0.39 is 0 Å². The summed E-state index contributed by atoms with van der Waals surface area (Å²) in [6.45, 7) is 8.24. The summed E-state index contributed by atoms with van der Waals surface area (Å²) in [6, 6.07) is 0. The Balaban J connectivity index is 3.85. The van der Waals surface area contributed by atoms with Crippen LogP contribution in [0.25, 0.3) is 0 Å². The smallest absolute Gasteiger partial charge is 0.191 e. The van der Waals surface area contributed by atoms with E-state index in [1.165, 1.54) is 0 Å². The van der Waals surface area contributed by atoms with Crippen molar-refractivity contribution < 1.29 is 9.47 Å². The van der Waals surface area contributed by atoms with Gasteiger partial charge in [-0.2, -0.15) is 0 Å². The number of nitrogens with zero attached hydrogens (tertiary/aromatic N) is 2. The molecule has 0 atom stereocenters. The van der Waals surface area contributed by atoms with Gasteiger partial charge in [-0.25, -0.2) is 0 Å².